The van der Waals surface area contributed by atoms with Gasteiger partial charge in [-0.05, 0) is 25.9 Å². The van der Waals surface area contributed by atoms with E-state index in [0.29, 0.717) is 0 Å². The van der Waals surface area contributed by atoms with Crippen LogP contribution in [-0.2, 0) is 14.3 Å². The Kier molecular flexibility index (Phi) is 5.83. The van der Waals surface area contributed by atoms with Crippen LogP contribution >= 0.6 is 0 Å². The summed E-state index contributed by atoms with van der Waals surface area (Å²) in [6.07, 6.45) is 0.0691. The van der Waals surface area contributed by atoms with Gasteiger partial charge in [0.1, 0.15) is 6.61 Å². The van der Waals surface area contributed by atoms with E-state index in [2.05, 4.69) is 0 Å². The number of carboxylic acids is 2. The Hall–Kier alpha value is -1.18. The highest BCUT2D eigenvalue weighted by atomic mass is 16.5. The maximum Gasteiger partial charge on any atom is 0.336 e. The van der Waals surface area contributed by atoms with Crippen molar-refractivity contribution in [2.45, 2.75) is 18.4 Å². The molecule has 0 spiro atoms. The van der Waals surface area contributed by atoms with Crippen molar-refractivity contribution >= 4 is 11.9 Å². The van der Waals surface area contributed by atoms with Gasteiger partial charge in [0.05, 0.1) is 0 Å². The predicted octanol–water partition coefficient (Wildman–Crippen LogP) is -1.39. The fourth-order valence-corrected chi connectivity index (χ4v) is 1.21. The second kappa shape index (κ2) is 6.33. The van der Waals surface area contributed by atoms with Gasteiger partial charge in [0.15, 0.2) is 5.60 Å². The molecule has 0 rings (SSSR count). The van der Waals surface area contributed by atoms with Crippen molar-refractivity contribution in [1.82, 2.24) is 0 Å². The fourth-order valence-electron chi connectivity index (χ4n) is 1.21. The minimum atomic E-state index is -1.58. The van der Waals surface area contributed by atoms with E-state index in [1.807, 2.05) is 0 Å². The van der Waals surface area contributed by atoms with Crippen LogP contribution in [0.25, 0.3) is 0 Å². The number of carboxylic acid groups (broad SMARTS) is 2. The van der Waals surface area contributed by atoms with Gasteiger partial charge in [-0.25, -0.2) is 9.59 Å². The van der Waals surface area contributed by atoms with Crippen molar-refractivity contribution in [3.63, 3.8) is 0 Å². The van der Waals surface area contributed by atoms with Crippen LogP contribution in [0.4, 0.5) is 0 Å². The van der Waals surface area contributed by atoms with Gasteiger partial charge in [0.25, 0.3) is 0 Å². The molecule has 0 aromatic rings. The molecule has 0 bridgehead atoms. The number of aliphatic carboxylic acids is 2. The number of nitrogens with two attached hydrogens (primary N) is 2. The average Bonchev–Trinajstić information content (AvgIpc) is 2.14. The SMILES string of the molecule is NCCC(CCN)(OCC(=O)O)C(=O)O. The maximum absolute atomic E-state index is 11.0. The summed E-state index contributed by atoms with van der Waals surface area (Å²) in [5.41, 5.74) is 8.93. The summed E-state index contributed by atoms with van der Waals surface area (Å²) in [4.78, 5) is 21.3. The zero-order valence-electron chi connectivity index (χ0n) is 8.31. The van der Waals surface area contributed by atoms with E-state index in [0.717, 1.165) is 0 Å². The van der Waals surface area contributed by atoms with Crippen LogP contribution in [0.15, 0.2) is 0 Å². The van der Waals surface area contributed by atoms with Gasteiger partial charge in [0, 0.05) is 0 Å². The molecule has 7 nitrogen and oxygen atoms in total. The first-order valence-electron chi connectivity index (χ1n) is 4.48. The first kappa shape index (κ1) is 13.8. The summed E-state index contributed by atoms with van der Waals surface area (Å²) < 4.78 is 4.87. The van der Waals surface area contributed by atoms with Crippen LogP contribution in [0.2, 0.25) is 0 Å². The molecule has 6 N–H and O–H groups in total. The number of hydrogen-bond donors (Lipinski definition) is 4. The molecule has 0 unspecified atom stereocenters. The van der Waals surface area contributed by atoms with Crippen LogP contribution in [0.5, 0.6) is 0 Å². The minimum Gasteiger partial charge on any atom is -0.480 e. The Morgan fingerprint density at radius 1 is 1.13 bits per heavy atom. The van der Waals surface area contributed by atoms with Crippen molar-refractivity contribution in [3.05, 3.63) is 0 Å². The van der Waals surface area contributed by atoms with E-state index in [9.17, 15) is 9.59 Å². The summed E-state index contributed by atoms with van der Waals surface area (Å²) in [6, 6.07) is 0. The highest BCUT2D eigenvalue weighted by Gasteiger charge is 2.38. The van der Waals surface area contributed by atoms with Gasteiger partial charge in [0.2, 0.25) is 0 Å². The number of carbonyl (C=O) groups is 2. The molecule has 7 heteroatoms. The summed E-state index contributed by atoms with van der Waals surface area (Å²) in [5.74, 6) is -2.46. The second-order valence-corrected chi connectivity index (χ2v) is 3.06. The zero-order chi connectivity index (χ0) is 11.9. The fraction of sp³-hybridized carbons (Fsp3) is 0.750. The third-order valence-corrected chi connectivity index (χ3v) is 1.96. The highest BCUT2D eigenvalue weighted by Crippen LogP contribution is 2.20. The minimum absolute atomic E-state index is 0.0345. The molecule has 15 heavy (non-hydrogen) atoms. The van der Waals surface area contributed by atoms with Crippen LogP contribution in [0, 0.1) is 0 Å². The topological polar surface area (TPSA) is 136 Å². The third kappa shape index (κ3) is 4.24. The van der Waals surface area contributed by atoms with Crippen LogP contribution < -0.4 is 11.5 Å². The molecule has 0 saturated carbocycles. The van der Waals surface area contributed by atoms with E-state index in [1.165, 1.54) is 0 Å². The van der Waals surface area contributed by atoms with Crippen molar-refractivity contribution < 1.29 is 24.5 Å². The lowest BCUT2D eigenvalue weighted by Gasteiger charge is -2.28. The molecule has 0 aromatic carbocycles. The van der Waals surface area contributed by atoms with Gasteiger partial charge >= 0.3 is 11.9 Å². The molecule has 0 aliphatic carbocycles. The van der Waals surface area contributed by atoms with Gasteiger partial charge < -0.3 is 26.4 Å². The van der Waals surface area contributed by atoms with Crippen molar-refractivity contribution in [2.75, 3.05) is 19.7 Å². The predicted molar refractivity (Wildman–Crippen MR) is 51.3 cm³/mol. The van der Waals surface area contributed by atoms with Gasteiger partial charge in [-0.1, -0.05) is 0 Å². The molecule has 0 aliphatic heterocycles. The molecule has 0 radical (unpaired) electrons. The molecule has 0 atom stereocenters. The van der Waals surface area contributed by atoms with E-state index in [-0.39, 0.29) is 25.9 Å². The monoisotopic (exact) mass is 220 g/mol. The van der Waals surface area contributed by atoms with Crippen LogP contribution in [-0.4, -0.2) is 47.4 Å². The summed E-state index contributed by atoms with van der Waals surface area (Å²) in [7, 11) is 0. The smallest absolute Gasteiger partial charge is 0.336 e. The third-order valence-electron chi connectivity index (χ3n) is 1.96. The quantitative estimate of drug-likeness (QED) is 0.395. The second-order valence-electron chi connectivity index (χ2n) is 3.06. The number of ether oxygens (including phenoxy) is 1. The number of hydrogen-bond acceptors (Lipinski definition) is 5. The molecule has 0 saturated heterocycles. The summed E-state index contributed by atoms with van der Waals surface area (Å²) >= 11 is 0. The van der Waals surface area contributed by atoms with Crippen molar-refractivity contribution in [1.29, 1.82) is 0 Å². The molecule has 0 fully saturated rings. The van der Waals surface area contributed by atoms with Crippen LogP contribution in [0.3, 0.4) is 0 Å². The summed E-state index contributed by atoms with van der Waals surface area (Å²) in [6.45, 7) is -0.496. The van der Waals surface area contributed by atoms with E-state index in [4.69, 9.17) is 26.4 Å². The molecule has 88 valence electrons. The molecule has 0 amide bonds. The van der Waals surface area contributed by atoms with Gasteiger partial charge in [-0.2, -0.15) is 0 Å². The molecular formula is C8H16N2O5. The lowest BCUT2D eigenvalue weighted by atomic mass is 9.95. The first-order valence-corrected chi connectivity index (χ1v) is 4.48. The Balaban J connectivity index is 4.61. The standard InChI is InChI=1S/C8H16N2O5/c9-3-1-8(2-4-10,7(13)14)15-5-6(11)12/h1-5,9-10H2,(H,11,12)(H,13,14). The van der Waals surface area contributed by atoms with Crippen molar-refractivity contribution in [2.24, 2.45) is 11.5 Å². The Bertz CT molecular complexity index is 225. The van der Waals surface area contributed by atoms with Gasteiger partial charge in [-0.3, -0.25) is 0 Å². The highest BCUT2D eigenvalue weighted by molar-refractivity contribution is 5.78. The first-order chi connectivity index (χ1) is 6.98. The molecule has 0 aromatic heterocycles. The van der Waals surface area contributed by atoms with Gasteiger partial charge in [-0.15, -0.1) is 0 Å². The normalized spacial score (nSPS) is 11.3. The van der Waals surface area contributed by atoms with E-state index >= 15 is 0 Å². The van der Waals surface area contributed by atoms with Crippen molar-refractivity contribution in [3.8, 4) is 0 Å². The van der Waals surface area contributed by atoms with E-state index < -0.39 is 24.1 Å². The number of rotatable bonds is 8. The maximum atomic E-state index is 11.0. The Labute approximate surface area is 87.0 Å². The molecular weight excluding hydrogens is 204 g/mol. The van der Waals surface area contributed by atoms with E-state index in [1.54, 1.807) is 0 Å². The van der Waals surface area contributed by atoms with Crippen LogP contribution in [0.1, 0.15) is 12.8 Å². The average molecular weight is 220 g/mol. The Morgan fingerprint density at radius 2 is 1.60 bits per heavy atom. The molecule has 0 heterocycles. The summed E-state index contributed by atoms with van der Waals surface area (Å²) in [5, 5.41) is 17.4. The molecule has 0 aliphatic rings. The Morgan fingerprint density at radius 3 is 1.87 bits per heavy atom. The lowest BCUT2D eigenvalue weighted by Crippen LogP contribution is -2.46. The lowest BCUT2D eigenvalue weighted by molar-refractivity contribution is -0.173. The zero-order valence-corrected chi connectivity index (χ0v) is 8.31. The largest absolute Gasteiger partial charge is 0.480 e.